The summed E-state index contributed by atoms with van der Waals surface area (Å²) < 4.78 is 15.7. The summed E-state index contributed by atoms with van der Waals surface area (Å²) in [4.78, 5) is 41.7. The van der Waals surface area contributed by atoms with Crippen LogP contribution in [0, 0.1) is 0 Å². The number of carbonyl (C=O) groups excluding carboxylic acids is 3. The van der Waals surface area contributed by atoms with Gasteiger partial charge in [0.05, 0.1) is 19.7 Å². The Kier molecular flexibility index (Phi) is 7.55. The number of aromatic nitrogens is 1. The fraction of sp³-hybridized carbons (Fsp3) is 0.292. The minimum atomic E-state index is -0.678. The lowest BCUT2D eigenvalue weighted by Crippen LogP contribution is -2.30. The maximum absolute atomic E-state index is 12.4. The van der Waals surface area contributed by atoms with Gasteiger partial charge in [0.2, 0.25) is 0 Å². The van der Waals surface area contributed by atoms with Crippen molar-refractivity contribution in [2.75, 3.05) is 39.2 Å². The molecule has 2 amide bonds. The van der Waals surface area contributed by atoms with Gasteiger partial charge in [0, 0.05) is 35.8 Å². The molecule has 0 spiro atoms. The van der Waals surface area contributed by atoms with Crippen LogP contribution in [0.15, 0.2) is 42.5 Å². The fourth-order valence-electron chi connectivity index (χ4n) is 3.37. The summed E-state index contributed by atoms with van der Waals surface area (Å²) in [5.41, 5.74) is 1.83. The molecule has 1 aromatic heterocycles. The van der Waals surface area contributed by atoms with Gasteiger partial charge in [0.15, 0.2) is 6.61 Å². The van der Waals surface area contributed by atoms with Crippen molar-refractivity contribution in [1.82, 2.24) is 9.88 Å². The number of hydrogen-bond acceptors (Lipinski definition) is 6. The summed E-state index contributed by atoms with van der Waals surface area (Å²) in [6.07, 6.45) is 0. The van der Waals surface area contributed by atoms with Gasteiger partial charge < -0.3 is 29.4 Å². The number of carbonyl (C=O) groups is 3. The number of nitrogens with one attached hydrogen (secondary N) is 2. The van der Waals surface area contributed by atoms with Gasteiger partial charge in [-0.3, -0.25) is 9.59 Å². The molecule has 0 unspecified atom stereocenters. The zero-order valence-electron chi connectivity index (χ0n) is 19.1. The molecule has 0 bridgehead atoms. The van der Waals surface area contributed by atoms with Gasteiger partial charge in [-0.1, -0.05) is 0 Å². The highest BCUT2D eigenvalue weighted by Crippen LogP contribution is 2.31. The number of esters is 1. The quantitative estimate of drug-likeness (QED) is 0.480. The second-order valence-electron chi connectivity index (χ2n) is 7.16. The van der Waals surface area contributed by atoms with Crippen LogP contribution < -0.4 is 14.8 Å². The maximum Gasteiger partial charge on any atom is 0.355 e. The smallest absolute Gasteiger partial charge is 0.355 e. The van der Waals surface area contributed by atoms with E-state index in [1.807, 2.05) is 13.8 Å². The fourth-order valence-corrected chi connectivity index (χ4v) is 3.37. The summed E-state index contributed by atoms with van der Waals surface area (Å²) >= 11 is 0. The number of ether oxygens (including phenoxy) is 3. The first kappa shape index (κ1) is 23.6. The van der Waals surface area contributed by atoms with Crippen molar-refractivity contribution in [3.63, 3.8) is 0 Å². The first-order valence-electron chi connectivity index (χ1n) is 10.5. The van der Waals surface area contributed by atoms with E-state index in [0.29, 0.717) is 46.7 Å². The van der Waals surface area contributed by atoms with E-state index in [-0.39, 0.29) is 11.6 Å². The molecule has 9 heteroatoms. The predicted molar refractivity (Wildman–Crippen MR) is 124 cm³/mol. The second kappa shape index (κ2) is 10.5. The van der Waals surface area contributed by atoms with E-state index >= 15 is 0 Å². The molecule has 2 N–H and O–H groups in total. The third kappa shape index (κ3) is 5.43. The van der Waals surface area contributed by atoms with Crippen molar-refractivity contribution in [1.29, 1.82) is 0 Å². The molecule has 0 aliphatic rings. The highest BCUT2D eigenvalue weighted by Gasteiger charge is 2.17. The lowest BCUT2D eigenvalue weighted by atomic mass is 10.2. The number of hydrogen-bond donors (Lipinski definition) is 2. The monoisotopic (exact) mass is 453 g/mol. The van der Waals surface area contributed by atoms with Crippen LogP contribution >= 0.6 is 0 Å². The molecule has 3 aromatic rings. The molecular formula is C24H27N3O6. The highest BCUT2D eigenvalue weighted by atomic mass is 16.5. The summed E-state index contributed by atoms with van der Waals surface area (Å²) in [6, 6.07) is 11.6. The molecule has 0 atom stereocenters. The first-order valence-corrected chi connectivity index (χ1v) is 10.5. The van der Waals surface area contributed by atoms with Gasteiger partial charge in [-0.25, -0.2) is 4.79 Å². The highest BCUT2D eigenvalue weighted by molar-refractivity contribution is 5.99. The van der Waals surface area contributed by atoms with E-state index < -0.39 is 18.5 Å². The number of methoxy groups -OCH3 is 2. The van der Waals surface area contributed by atoms with Crippen molar-refractivity contribution in [3.05, 3.63) is 53.7 Å². The Bertz CT molecular complexity index is 1150. The van der Waals surface area contributed by atoms with Crippen LogP contribution in [-0.2, 0) is 9.53 Å². The van der Waals surface area contributed by atoms with Crippen molar-refractivity contribution < 1.29 is 28.6 Å². The molecule has 0 aliphatic carbocycles. The number of anilines is 1. The van der Waals surface area contributed by atoms with Crippen LogP contribution in [0.5, 0.6) is 11.5 Å². The topological polar surface area (TPSA) is 110 Å². The van der Waals surface area contributed by atoms with Gasteiger partial charge in [-0.15, -0.1) is 0 Å². The zero-order valence-corrected chi connectivity index (χ0v) is 19.1. The molecule has 0 radical (unpaired) electrons. The Labute approximate surface area is 191 Å². The minimum absolute atomic E-state index is 0.0700. The number of aromatic amines is 1. The Balaban J connectivity index is 1.59. The van der Waals surface area contributed by atoms with Crippen molar-refractivity contribution in [2.45, 2.75) is 13.8 Å². The molecular weight excluding hydrogens is 426 g/mol. The lowest BCUT2D eigenvalue weighted by molar-refractivity contribution is -0.119. The summed E-state index contributed by atoms with van der Waals surface area (Å²) in [7, 11) is 3.06. The molecule has 174 valence electrons. The van der Waals surface area contributed by atoms with Crippen molar-refractivity contribution >= 4 is 34.4 Å². The summed E-state index contributed by atoms with van der Waals surface area (Å²) in [5, 5.41) is 3.35. The molecule has 0 saturated carbocycles. The van der Waals surface area contributed by atoms with Gasteiger partial charge in [-0.2, -0.15) is 0 Å². The zero-order chi connectivity index (χ0) is 24.0. The Morgan fingerprint density at radius 2 is 1.67 bits per heavy atom. The van der Waals surface area contributed by atoms with Gasteiger partial charge in [-0.05, 0) is 50.2 Å². The van der Waals surface area contributed by atoms with Crippen molar-refractivity contribution in [3.8, 4) is 11.5 Å². The van der Waals surface area contributed by atoms with Gasteiger partial charge in [0.1, 0.15) is 17.2 Å². The molecule has 0 aliphatic heterocycles. The number of rotatable bonds is 9. The van der Waals surface area contributed by atoms with Crippen LogP contribution in [0.2, 0.25) is 0 Å². The van der Waals surface area contributed by atoms with Crippen LogP contribution in [-0.4, -0.2) is 61.6 Å². The number of amides is 2. The summed E-state index contributed by atoms with van der Waals surface area (Å²) in [5.74, 6) is -0.144. The van der Waals surface area contributed by atoms with E-state index in [2.05, 4.69) is 10.3 Å². The lowest BCUT2D eigenvalue weighted by Gasteiger charge is -2.18. The molecule has 3 rings (SSSR count). The largest absolute Gasteiger partial charge is 0.497 e. The van der Waals surface area contributed by atoms with E-state index in [1.165, 1.54) is 14.2 Å². The number of fused-ring (bicyclic) bond motifs is 1. The third-order valence-electron chi connectivity index (χ3n) is 5.14. The molecule has 33 heavy (non-hydrogen) atoms. The average molecular weight is 453 g/mol. The van der Waals surface area contributed by atoms with Crippen LogP contribution in [0.4, 0.5) is 5.69 Å². The SMILES string of the molecule is CCN(CC)C(=O)c1ccc(NC(=O)COC(=O)c2cc3cc(OC)cc(OC)c3[nH]2)cc1. The van der Waals surface area contributed by atoms with Gasteiger partial charge >= 0.3 is 5.97 Å². The maximum atomic E-state index is 12.4. The normalized spacial score (nSPS) is 10.5. The van der Waals surface area contributed by atoms with Crippen LogP contribution in [0.3, 0.4) is 0 Å². The first-order chi connectivity index (χ1) is 15.9. The molecule has 2 aromatic carbocycles. The third-order valence-corrected chi connectivity index (χ3v) is 5.14. The number of H-pyrrole nitrogens is 1. The summed E-state index contributed by atoms with van der Waals surface area (Å²) in [6.45, 7) is 4.61. The van der Waals surface area contributed by atoms with Gasteiger partial charge in [0.25, 0.3) is 11.8 Å². The van der Waals surface area contributed by atoms with E-state index in [9.17, 15) is 14.4 Å². The average Bonchev–Trinajstić information content (AvgIpc) is 3.27. The standard InChI is InChI=1S/C24H27N3O6/c1-5-27(6-2)23(29)15-7-9-17(10-8-15)25-21(28)14-33-24(30)19-12-16-11-18(31-3)13-20(32-4)22(16)26-19/h7-13,26H,5-6,14H2,1-4H3,(H,25,28). The van der Waals surface area contributed by atoms with E-state index in [0.717, 1.165) is 0 Å². The number of benzene rings is 2. The molecule has 1 heterocycles. The minimum Gasteiger partial charge on any atom is -0.497 e. The van der Waals surface area contributed by atoms with Crippen molar-refractivity contribution in [2.24, 2.45) is 0 Å². The van der Waals surface area contributed by atoms with E-state index in [4.69, 9.17) is 14.2 Å². The predicted octanol–water partition coefficient (Wildman–Crippen LogP) is 3.46. The Hall–Kier alpha value is -4.01. The molecule has 9 nitrogen and oxygen atoms in total. The second-order valence-corrected chi connectivity index (χ2v) is 7.16. The van der Waals surface area contributed by atoms with Crippen LogP contribution in [0.25, 0.3) is 10.9 Å². The number of nitrogens with zero attached hydrogens (tertiary/aromatic N) is 1. The Morgan fingerprint density at radius 1 is 0.970 bits per heavy atom. The Morgan fingerprint density at radius 3 is 2.27 bits per heavy atom. The van der Waals surface area contributed by atoms with E-state index in [1.54, 1.807) is 47.4 Å². The molecule has 0 fully saturated rings. The molecule has 0 saturated heterocycles. The van der Waals surface area contributed by atoms with Crippen LogP contribution in [0.1, 0.15) is 34.7 Å².